The molecular formula is C13H22O2SSi. The molecule has 1 aromatic carbocycles. The van der Waals surface area contributed by atoms with Crippen molar-refractivity contribution < 1.29 is 8.85 Å². The van der Waals surface area contributed by atoms with Crippen LogP contribution >= 0.6 is 12.6 Å². The number of rotatable bonds is 8. The fourth-order valence-corrected chi connectivity index (χ4v) is 5.69. The summed E-state index contributed by atoms with van der Waals surface area (Å²) < 4.78 is 12.1. The lowest BCUT2D eigenvalue weighted by Crippen LogP contribution is -2.53. The SMILES string of the molecule is CCO[Si](CCCS)(OCC)c1ccccc1. The molecule has 0 radical (unpaired) electrons. The molecule has 0 unspecified atom stereocenters. The van der Waals surface area contributed by atoms with Crippen molar-refractivity contribution in [3.63, 3.8) is 0 Å². The number of hydrogen-bond donors (Lipinski definition) is 1. The lowest BCUT2D eigenvalue weighted by molar-refractivity contribution is 0.195. The monoisotopic (exact) mass is 270 g/mol. The van der Waals surface area contributed by atoms with Crippen molar-refractivity contribution >= 4 is 26.4 Å². The Morgan fingerprint density at radius 1 is 1.06 bits per heavy atom. The second-order valence-corrected chi connectivity index (χ2v) is 7.42. The van der Waals surface area contributed by atoms with Crippen LogP contribution in [0.15, 0.2) is 30.3 Å². The summed E-state index contributed by atoms with van der Waals surface area (Å²) in [5, 5.41) is 1.23. The Hall–Kier alpha value is -0.293. The van der Waals surface area contributed by atoms with Gasteiger partial charge in [0.25, 0.3) is 0 Å². The third kappa shape index (κ3) is 4.14. The molecule has 0 heterocycles. The first-order valence-electron chi connectivity index (χ1n) is 6.23. The fraction of sp³-hybridized carbons (Fsp3) is 0.538. The van der Waals surface area contributed by atoms with Crippen molar-refractivity contribution in [3.8, 4) is 0 Å². The maximum atomic E-state index is 6.04. The van der Waals surface area contributed by atoms with Crippen molar-refractivity contribution in [1.82, 2.24) is 0 Å². The fourth-order valence-electron chi connectivity index (χ4n) is 1.97. The normalized spacial score (nSPS) is 11.7. The highest BCUT2D eigenvalue weighted by atomic mass is 32.1. The molecule has 1 aromatic rings. The maximum absolute atomic E-state index is 6.04. The summed E-state index contributed by atoms with van der Waals surface area (Å²) in [6.45, 7) is 5.47. The van der Waals surface area contributed by atoms with Gasteiger partial charge in [0.15, 0.2) is 0 Å². The van der Waals surface area contributed by atoms with Crippen LogP contribution in [0.1, 0.15) is 20.3 Å². The highest BCUT2D eigenvalue weighted by Gasteiger charge is 2.38. The van der Waals surface area contributed by atoms with Crippen LogP contribution in [0, 0.1) is 0 Å². The van der Waals surface area contributed by atoms with Crippen LogP contribution in [0.3, 0.4) is 0 Å². The molecule has 0 aliphatic heterocycles. The Labute approximate surface area is 111 Å². The van der Waals surface area contributed by atoms with Crippen LogP contribution in [0.4, 0.5) is 0 Å². The topological polar surface area (TPSA) is 18.5 Å². The van der Waals surface area contributed by atoms with Gasteiger partial charge >= 0.3 is 8.56 Å². The van der Waals surface area contributed by atoms with E-state index in [2.05, 4.69) is 36.9 Å². The Morgan fingerprint density at radius 3 is 2.12 bits per heavy atom. The summed E-state index contributed by atoms with van der Waals surface area (Å²) in [5.41, 5.74) is 0. The van der Waals surface area contributed by atoms with E-state index < -0.39 is 8.56 Å². The first-order valence-corrected chi connectivity index (χ1v) is 8.89. The van der Waals surface area contributed by atoms with Crippen LogP contribution in [-0.2, 0) is 8.85 Å². The molecule has 0 atom stereocenters. The van der Waals surface area contributed by atoms with E-state index in [1.54, 1.807) is 0 Å². The van der Waals surface area contributed by atoms with Crippen molar-refractivity contribution in [2.75, 3.05) is 19.0 Å². The number of thiol groups is 1. The Bertz CT molecular complexity index is 300. The van der Waals surface area contributed by atoms with Gasteiger partial charge in [-0.05, 0) is 37.3 Å². The van der Waals surface area contributed by atoms with E-state index in [0.29, 0.717) is 13.2 Å². The van der Waals surface area contributed by atoms with Crippen LogP contribution in [-0.4, -0.2) is 27.5 Å². The molecule has 0 aliphatic rings. The molecule has 0 amide bonds. The van der Waals surface area contributed by atoms with Crippen molar-refractivity contribution in [3.05, 3.63) is 30.3 Å². The van der Waals surface area contributed by atoms with Gasteiger partial charge in [0, 0.05) is 13.2 Å². The molecule has 1 rings (SSSR count). The standard InChI is InChI=1S/C13H22O2SSi/c1-3-14-17(15-4-2,12-8-11-16)13-9-6-5-7-10-13/h5-7,9-10,16H,3-4,8,11-12H2,1-2H3. The summed E-state index contributed by atoms with van der Waals surface area (Å²) >= 11 is 4.29. The number of benzene rings is 1. The Balaban J connectivity index is 2.95. The molecule has 96 valence electrons. The van der Waals surface area contributed by atoms with E-state index in [1.165, 1.54) is 5.19 Å². The predicted octanol–water partition coefficient (Wildman–Crippen LogP) is 2.73. The molecule has 0 N–H and O–H groups in total. The van der Waals surface area contributed by atoms with E-state index in [4.69, 9.17) is 8.85 Å². The summed E-state index contributed by atoms with van der Waals surface area (Å²) in [6, 6.07) is 11.3. The molecule has 0 saturated heterocycles. The first kappa shape index (κ1) is 14.8. The van der Waals surface area contributed by atoms with E-state index >= 15 is 0 Å². The smallest absolute Gasteiger partial charge is 0.372 e. The molecule has 0 fully saturated rings. The quantitative estimate of drug-likeness (QED) is 0.578. The minimum atomic E-state index is -2.24. The van der Waals surface area contributed by atoms with E-state index in [0.717, 1.165) is 18.2 Å². The van der Waals surface area contributed by atoms with Gasteiger partial charge in [-0.3, -0.25) is 0 Å². The molecule has 2 nitrogen and oxygen atoms in total. The summed E-state index contributed by atoms with van der Waals surface area (Å²) in [7, 11) is -2.24. The van der Waals surface area contributed by atoms with Crippen molar-refractivity contribution in [2.45, 2.75) is 26.3 Å². The average molecular weight is 270 g/mol. The van der Waals surface area contributed by atoms with Crippen LogP contribution in [0.2, 0.25) is 6.04 Å². The second kappa shape index (κ2) is 7.92. The largest absolute Gasteiger partial charge is 0.391 e. The van der Waals surface area contributed by atoms with Crippen molar-refractivity contribution in [2.24, 2.45) is 0 Å². The van der Waals surface area contributed by atoms with E-state index in [1.807, 2.05) is 19.9 Å². The highest BCUT2D eigenvalue weighted by Crippen LogP contribution is 2.17. The maximum Gasteiger partial charge on any atom is 0.372 e. The highest BCUT2D eigenvalue weighted by molar-refractivity contribution is 7.80. The molecule has 0 aromatic heterocycles. The minimum Gasteiger partial charge on any atom is -0.391 e. The predicted molar refractivity (Wildman–Crippen MR) is 78.4 cm³/mol. The van der Waals surface area contributed by atoms with Gasteiger partial charge in [-0.2, -0.15) is 12.6 Å². The molecule has 0 aliphatic carbocycles. The minimum absolute atomic E-state index is 0.702. The summed E-state index contributed by atoms with van der Waals surface area (Å²) in [5.74, 6) is 0.877. The first-order chi connectivity index (χ1) is 8.29. The van der Waals surface area contributed by atoms with Gasteiger partial charge in [0.05, 0.1) is 0 Å². The lowest BCUT2D eigenvalue weighted by atomic mass is 10.4. The molecule has 17 heavy (non-hydrogen) atoms. The molecule has 4 heteroatoms. The van der Waals surface area contributed by atoms with Crippen molar-refractivity contribution in [1.29, 1.82) is 0 Å². The van der Waals surface area contributed by atoms with Gasteiger partial charge < -0.3 is 8.85 Å². The van der Waals surface area contributed by atoms with Gasteiger partial charge in [-0.1, -0.05) is 30.3 Å². The summed E-state index contributed by atoms with van der Waals surface area (Å²) in [6.07, 6.45) is 1.03. The summed E-state index contributed by atoms with van der Waals surface area (Å²) in [4.78, 5) is 0. The Morgan fingerprint density at radius 2 is 1.65 bits per heavy atom. The third-order valence-electron chi connectivity index (χ3n) is 2.63. The van der Waals surface area contributed by atoms with Gasteiger partial charge in [-0.15, -0.1) is 0 Å². The lowest BCUT2D eigenvalue weighted by Gasteiger charge is -2.30. The van der Waals surface area contributed by atoms with Crippen LogP contribution < -0.4 is 5.19 Å². The molecule has 0 saturated carbocycles. The zero-order valence-corrected chi connectivity index (χ0v) is 12.6. The van der Waals surface area contributed by atoms with Crippen LogP contribution in [0.25, 0.3) is 0 Å². The zero-order chi connectivity index (χ0) is 12.6. The van der Waals surface area contributed by atoms with E-state index in [-0.39, 0.29) is 0 Å². The molecule has 0 spiro atoms. The molecular weight excluding hydrogens is 248 g/mol. The average Bonchev–Trinajstić information content (AvgIpc) is 2.37. The van der Waals surface area contributed by atoms with E-state index in [9.17, 15) is 0 Å². The number of hydrogen-bond acceptors (Lipinski definition) is 3. The van der Waals surface area contributed by atoms with Crippen LogP contribution in [0.5, 0.6) is 0 Å². The Kier molecular flexibility index (Phi) is 6.88. The van der Waals surface area contributed by atoms with Gasteiger partial charge in [0.1, 0.15) is 0 Å². The zero-order valence-electron chi connectivity index (χ0n) is 10.7. The van der Waals surface area contributed by atoms with Gasteiger partial charge in [-0.25, -0.2) is 0 Å². The molecule has 0 bridgehead atoms. The third-order valence-corrected chi connectivity index (χ3v) is 6.68. The van der Waals surface area contributed by atoms with Gasteiger partial charge in [0.2, 0.25) is 0 Å². The second-order valence-electron chi connectivity index (χ2n) is 3.81.